The van der Waals surface area contributed by atoms with Crippen LogP contribution in [-0.2, 0) is 0 Å². The van der Waals surface area contributed by atoms with Gasteiger partial charge in [0, 0.05) is 5.92 Å². The second-order valence-corrected chi connectivity index (χ2v) is 5.99. The van der Waals surface area contributed by atoms with Crippen LogP contribution in [0.4, 0.5) is 0 Å². The number of rotatable bonds is 3. The van der Waals surface area contributed by atoms with Gasteiger partial charge in [-0.15, -0.1) is 5.73 Å². The first-order valence-electron chi connectivity index (χ1n) is 8.20. The number of fused-ring (bicyclic) bond motifs is 2. The van der Waals surface area contributed by atoms with Gasteiger partial charge in [0.2, 0.25) is 0 Å². The summed E-state index contributed by atoms with van der Waals surface area (Å²) in [5.41, 5.74) is 5.60. The van der Waals surface area contributed by atoms with E-state index in [0.29, 0.717) is 0 Å². The normalized spacial score (nSPS) is 10.9. The summed E-state index contributed by atoms with van der Waals surface area (Å²) in [4.78, 5) is 0. The quantitative estimate of drug-likeness (QED) is 0.381. The van der Waals surface area contributed by atoms with Gasteiger partial charge in [0.1, 0.15) is 0 Å². The topological polar surface area (TPSA) is 0 Å². The fourth-order valence-corrected chi connectivity index (χ4v) is 3.51. The SMILES string of the molecule is C=C=CC(c1cccc2ccccc12)c1cccc2ccccc12. The smallest absolute Gasteiger partial charge is 0.0356 e. The maximum Gasteiger partial charge on any atom is 0.0356 e. The van der Waals surface area contributed by atoms with Crippen molar-refractivity contribution in [3.63, 3.8) is 0 Å². The van der Waals surface area contributed by atoms with Gasteiger partial charge in [-0.2, -0.15) is 0 Å². The zero-order valence-corrected chi connectivity index (χ0v) is 13.4. The Bertz CT molecular complexity index is 976. The number of hydrogen-bond donors (Lipinski definition) is 0. The van der Waals surface area contributed by atoms with E-state index in [1.54, 1.807) is 0 Å². The molecule has 0 heteroatoms. The summed E-state index contributed by atoms with van der Waals surface area (Å²) in [7, 11) is 0. The van der Waals surface area contributed by atoms with Gasteiger partial charge < -0.3 is 0 Å². The molecule has 0 unspecified atom stereocenters. The van der Waals surface area contributed by atoms with Crippen molar-refractivity contribution >= 4 is 21.5 Å². The number of allylic oxidation sites excluding steroid dienone is 1. The van der Waals surface area contributed by atoms with Crippen molar-refractivity contribution in [1.29, 1.82) is 0 Å². The lowest BCUT2D eigenvalue weighted by Crippen LogP contribution is -1.99. The molecule has 0 aromatic heterocycles. The first kappa shape index (κ1) is 14.5. The van der Waals surface area contributed by atoms with Crippen molar-refractivity contribution in [3.05, 3.63) is 114 Å². The molecule has 0 saturated carbocycles. The summed E-state index contributed by atoms with van der Waals surface area (Å²) >= 11 is 0. The Morgan fingerprint density at radius 3 is 1.58 bits per heavy atom. The van der Waals surface area contributed by atoms with E-state index in [1.807, 2.05) is 0 Å². The van der Waals surface area contributed by atoms with E-state index in [1.165, 1.54) is 32.7 Å². The van der Waals surface area contributed by atoms with Crippen LogP contribution in [0.25, 0.3) is 21.5 Å². The molecule has 0 spiro atoms. The first-order chi connectivity index (χ1) is 11.9. The van der Waals surface area contributed by atoms with Crippen LogP contribution < -0.4 is 0 Å². The van der Waals surface area contributed by atoms with E-state index in [2.05, 4.69) is 103 Å². The monoisotopic (exact) mass is 306 g/mol. The van der Waals surface area contributed by atoms with Crippen LogP contribution in [0.15, 0.2) is 103 Å². The fraction of sp³-hybridized carbons (Fsp3) is 0.0417. The molecule has 0 bridgehead atoms. The van der Waals surface area contributed by atoms with Crippen LogP contribution in [0.3, 0.4) is 0 Å². The molecule has 24 heavy (non-hydrogen) atoms. The molecule has 0 atom stereocenters. The third kappa shape index (κ3) is 2.44. The van der Waals surface area contributed by atoms with Crippen LogP contribution in [0.1, 0.15) is 17.0 Å². The van der Waals surface area contributed by atoms with Gasteiger partial charge >= 0.3 is 0 Å². The highest BCUT2D eigenvalue weighted by Crippen LogP contribution is 2.35. The molecule has 0 fully saturated rings. The Hall–Kier alpha value is -3.08. The minimum atomic E-state index is 0.139. The van der Waals surface area contributed by atoms with Gasteiger partial charge in [-0.25, -0.2) is 0 Å². The van der Waals surface area contributed by atoms with Crippen LogP contribution in [-0.4, -0.2) is 0 Å². The third-order valence-electron chi connectivity index (χ3n) is 4.60. The van der Waals surface area contributed by atoms with E-state index in [4.69, 9.17) is 0 Å². The van der Waals surface area contributed by atoms with Gasteiger partial charge in [-0.3, -0.25) is 0 Å². The summed E-state index contributed by atoms with van der Waals surface area (Å²) in [6.07, 6.45) is 2.07. The van der Waals surface area contributed by atoms with E-state index in [0.717, 1.165) is 0 Å². The molecule has 4 rings (SSSR count). The molecule has 0 aliphatic heterocycles. The molecule has 0 nitrogen and oxygen atoms in total. The Morgan fingerprint density at radius 2 is 1.08 bits per heavy atom. The molecule has 0 aliphatic rings. The van der Waals surface area contributed by atoms with Crippen molar-refractivity contribution in [1.82, 2.24) is 0 Å². The standard InChI is InChI=1S/C24H18/c1-2-9-22(23-16-7-12-18-10-3-5-14-20(18)23)24-17-8-13-19-11-4-6-15-21(19)24/h3-17,22H,1H2. The Balaban J connectivity index is 2.02. The largest absolute Gasteiger partial charge is 0.132 e. The molecular formula is C24H18. The lowest BCUT2D eigenvalue weighted by atomic mass is 9.85. The van der Waals surface area contributed by atoms with Crippen molar-refractivity contribution in [2.75, 3.05) is 0 Å². The molecule has 4 aromatic carbocycles. The Morgan fingerprint density at radius 1 is 0.625 bits per heavy atom. The van der Waals surface area contributed by atoms with Gasteiger partial charge in [0.25, 0.3) is 0 Å². The van der Waals surface area contributed by atoms with E-state index in [-0.39, 0.29) is 5.92 Å². The highest BCUT2D eigenvalue weighted by Gasteiger charge is 2.16. The molecule has 0 radical (unpaired) electrons. The first-order valence-corrected chi connectivity index (χ1v) is 8.20. The van der Waals surface area contributed by atoms with Crippen LogP contribution in [0.2, 0.25) is 0 Å². The van der Waals surface area contributed by atoms with Gasteiger partial charge in [-0.1, -0.05) is 91.5 Å². The molecule has 0 heterocycles. The molecule has 0 amide bonds. The fourth-order valence-electron chi connectivity index (χ4n) is 3.51. The summed E-state index contributed by atoms with van der Waals surface area (Å²) in [6.45, 7) is 3.83. The molecular weight excluding hydrogens is 288 g/mol. The molecule has 0 aliphatic carbocycles. The average Bonchev–Trinajstić information content (AvgIpc) is 2.65. The molecule has 4 aromatic rings. The highest BCUT2D eigenvalue weighted by atomic mass is 14.2. The third-order valence-corrected chi connectivity index (χ3v) is 4.60. The predicted octanol–water partition coefficient (Wildman–Crippen LogP) is 6.47. The minimum Gasteiger partial charge on any atom is -0.132 e. The van der Waals surface area contributed by atoms with Gasteiger partial charge in [0.05, 0.1) is 0 Å². The van der Waals surface area contributed by atoms with Gasteiger partial charge in [0.15, 0.2) is 0 Å². The summed E-state index contributed by atoms with van der Waals surface area (Å²) in [5, 5.41) is 5.09. The second kappa shape index (κ2) is 6.20. The highest BCUT2D eigenvalue weighted by molar-refractivity contribution is 5.90. The zero-order valence-electron chi connectivity index (χ0n) is 13.4. The van der Waals surface area contributed by atoms with Crippen molar-refractivity contribution in [3.8, 4) is 0 Å². The summed E-state index contributed by atoms with van der Waals surface area (Å²) in [6, 6.07) is 30.1. The van der Waals surface area contributed by atoms with Crippen molar-refractivity contribution < 1.29 is 0 Å². The molecule has 0 saturated heterocycles. The molecule has 114 valence electrons. The Kier molecular flexibility index (Phi) is 3.75. The summed E-state index contributed by atoms with van der Waals surface area (Å²) < 4.78 is 0. The van der Waals surface area contributed by atoms with Crippen molar-refractivity contribution in [2.45, 2.75) is 5.92 Å². The van der Waals surface area contributed by atoms with Gasteiger partial charge in [-0.05, 0) is 38.7 Å². The number of hydrogen-bond acceptors (Lipinski definition) is 0. The maximum atomic E-state index is 3.83. The maximum absolute atomic E-state index is 3.83. The lowest BCUT2D eigenvalue weighted by Gasteiger charge is -2.18. The van der Waals surface area contributed by atoms with Crippen LogP contribution in [0.5, 0.6) is 0 Å². The minimum absolute atomic E-state index is 0.139. The van der Waals surface area contributed by atoms with Crippen LogP contribution >= 0.6 is 0 Å². The zero-order chi connectivity index (χ0) is 16.4. The van der Waals surface area contributed by atoms with Crippen LogP contribution in [0, 0.1) is 0 Å². The Labute approximate surface area is 142 Å². The van der Waals surface area contributed by atoms with Crippen molar-refractivity contribution in [2.24, 2.45) is 0 Å². The van der Waals surface area contributed by atoms with E-state index >= 15 is 0 Å². The average molecular weight is 306 g/mol. The predicted molar refractivity (Wildman–Crippen MR) is 103 cm³/mol. The summed E-state index contributed by atoms with van der Waals surface area (Å²) in [5.74, 6) is 0.139. The number of benzene rings is 4. The lowest BCUT2D eigenvalue weighted by molar-refractivity contribution is 1.06. The van der Waals surface area contributed by atoms with E-state index in [9.17, 15) is 0 Å². The molecule has 0 N–H and O–H groups in total. The second-order valence-electron chi connectivity index (χ2n) is 5.99. The van der Waals surface area contributed by atoms with E-state index < -0.39 is 0 Å².